The van der Waals surface area contributed by atoms with Gasteiger partial charge in [-0.05, 0) is 33.6 Å². The van der Waals surface area contributed by atoms with Gasteiger partial charge < -0.3 is 19.9 Å². The first-order valence-corrected chi connectivity index (χ1v) is 6.32. The van der Waals surface area contributed by atoms with Crippen LogP contribution in [0.4, 0.5) is 0 Å². The van der Waals surface area contributed by atoms with Gasteiger partial charge in [-0.2, -0.15) is 0 Å². The van der Waals surface area contributed by atoms with Crippen molar-refractivity contribution in [2.24, 2.45) is 5.73 Å². The van der Waals surface area contributed by atoms with Crippen LogP contribution in [-0.4, -0.2) is 26.3 Å². The molecular weight excluding hydrogens is 302 g/mol. The second-order valence-corrected chi connectivity index (χ2v) is 4.77. The van der Waals surface area contributed by atoms with Crippen molar-refractivity contribution < 1.29 is 19.0 Å². The van der Waals surface area contributed by atoms with Gasteiger partial charge in [0.25, 0.3) is 0 Å². The van der Waals surface area contributed by atoms with E-state index in [9.17, 15) is 4.79 Å². The number of ether oxygens (including phenoxy) is 3. The lowest BCUT2D eigenvalue weighted by atomic mass is 10.0. The van der Waals surface area contributed by atoms with E-state index >= 15 is 0 Å². The molecule has 0 saturated heterocycles. The van der Waals surface area contributed by atoms with Crippen LogP contribution in [0.3, 0.4) is 0 Å². The Morgan fingerprint density at radius 3 is 2.94 bits per heavy atom. The van der Waals surface area contributed by atoms with Gasteiger partial charge in [-0.25, -0.2) is 0 Å². The van der Waals surface area contributed by atoms with Crippen molar-refractivity contribution in [3.8, 4) is 11.5 Å². The average molecular weight is 316 g/mol. The van der Waals surface area contributed by atoms with Crippen LogP contribution in [0.5, 0.6) is 11.5 Å². The summed E-state index contributed by atoms with van der Waals surface area (Å²) in [6.45, 7) is 1.04. The minimum atomic E-state index is -0.426. The summed E-state index contributed by atoms with van der Waals surface area (Å²) in [5, 5.41) is 0. The Balaban J connectivity index is 2.23. The summed E-state index contributed by atoms with van der Waals surface area (Å²) in [7, 11) is 1.34. The molecule has 5 nitrogen and oxygen atoms in total. The van der Waals surface area contributed by atoms with E-state index in [4.69, 9.17) is 15.2 Å². The van der Waals surface area contributed by atoms with Crippen LogP contribution in [0.1, 0.15) is 18.0 Å². The van der Waals surface area contributed by atoms with Gasteiger partial charge >= 0.3 is 5.97 Å². The Morgan fingerprint density at radius 1 is 1.50 bits per heavy atom. The summed E-state index contributed by atoms with van der Waals surface area (Å²) in [5.74, 6) is 0.981. The van der Waals surface area contributed by atoms with Crippen molar-refractivity contribution in [1.29, 1.82) is 0 Å². The van der Waals surface area contributed by atoms with E-state index in [0.29, 0.717) is 24.7 Å². The summed E-state index contributed by atoms with van der Waals surface area (Å²) in [6, 6.07) is 3.21. The van der Waals surface area contributed by atoms with E-state index in [0.717, 1.165) is 10.0 Å². The van der Waals surface area contributed by atoms with Crippen LogP contribution in [0, 0.1) is 0 Å². The predicted octanol–water partition coefficient (Wildman–Crippen LogP) is 1.78. The molecule has 1 aliphatic rings. The Labute approximate surface area is 113 Å². The highest BCUT2D eigenvalue weighted by atomic mass is 79.9. The summed E-state index contributed by atoms with van der Waals surface area (Å²) >= 11 is 3.41. The number of methoxy groups -OCH3 is 1. The van der Waals surface area contributed by atoms with Crippen molar-refractivity contribution in [2.75, 3.05) is 20.3 Å². The van der Waals surface area contributed by atoms with Gasteiger partial charge in [0.05, 0.1) is 18.0 Å². The molecule has 2 N–H and O–H groups in total. The van der Waals surface area contributed by atoms with E-state index in [2.05, 4.69) is 20.7 Å². The molecule has 0 amide bonds. The second-order valence-electron chi connectivity index (χ2n) is 3.91. The fourth-order valence-electron chi connectivity index (χ4n) is 1.73. The van der Waals surface area contributed by atoms with E-state index in [-0.39, 0.29) is 12.4 Å². The van der Waals surface area contributed by atoms with Crippen molar-refractivity contribution in [3.05, 3.63) is 22.2 Å². The highest BCUT2D eigenvalue weighted by molar-refractivity contribution is 9.10. The van der Waals surface area contributed by atoms with Crippen LogP contribution in [0.15, 0.2) is 16.6 Å². The molecule has 1 atom stereocenters. The number of benzene rings is 1. The Hall–Kier alpha value is -1.27. The molecule has 1 aliphatic heterocycles. The maximum atomic E-state index is 11.2. The molecule has 2 rings (SSSR count). The highest BCUT2D eigenvalue weighted by Crippen LogP contribution is 2.39. The zero-order valence-electron chi connectivity index (χ0n) is 9.94. The fourth-order valence-corrected chi connectivity index (χ4v) is 2.30. The summed E-state index contributed by atoms with van der Waals surface area (Å²) in [5.41, 5.74) is 6.76. The maximum Gasteiger partial charge on any atom is 0.307 e. The van der Waals surface area contributed by atoms with Crippen LogP contribution >= 0.6 is 15.9 Å². The molecule has 18 heavy (non-hydrogen) atoms. The minimum Gasteiger partial charge on any atom is -0.486 e. The Bertz CT molecular complexity index is 464. The lowest BCUT2D eigenvalue weighted by Gasteiger charge is -2.21. The first kappa shape index (κ1) is 13.2. The third-order valence-corrected chi connectivity index (χ3v) is 3.25. The minimum absolute atomic E-state index is 0.128. The normalized spacial score (nSPS) is 15.1. The molecule has 6 heteroatoms. The number of halogens is 1. The summed E-state index contributed by atoms with van der Waals surface area (Å²) in [6.07, 6.45) is 0.128. The van der Waals surface area contributed by atoms with E-state index in [1.165, 1.54) is 7.11 Å². The zero-order chi connectivity index (χ0) is 13.1. The van der Waals surface area contributed by atoms with Crippen LogP contribution in [-0.2, 0) is 9.53 Å². The van der Waals surface area contributed by atoms with Gasteiger partial charge in [0.15, 0.2) is 11.5 Å². The molecule has 0 unspecified atom stereocenters. The molecule has 0 saturated carbocycles. The number of hydrogen-bond acceptors (Lipinski definition) is 5. The van der Waals surface area contributed by atoms with Gasteiger partial charge in [-0.3, -0.25) is 4.79 Å². The highest BCUT2D eigenvalue weighted by Gasteiger charge is 2.20. The Morgan fingerprint density at radius 2 is 2.22 bits per heavy atom. The van der Waals surface area contributed by atoms with Crippen molar-refractivity contribution in [2.45, 2.75) is 12.5 Å². The van der Waals surface area contributed by atoms with Gasteiger partial charge in [0, 0.05) is 6.04 Å². The van der Waals surface area contributed by atoms with E-state index < -0.39 is 6.04 Å². The van der Waals surface area contributed by atoms with E-state index in [1.54, 1.807) is 6.07 Å². The Kier molecular flexibility index (Phi) is 4.08. The number of nitrogens with two attached hydrogens (primary N) is 1. The van der Waals surface area contributed by atoms with Crippen molar-refractivity contribution in [1.82, 2.24) is 0 Å². The number of carbonyl (C=O) groups excluding carboxylic acids is 1. The quantitative estimate of drug-likeness (QED) is 0.861. The monoisotopic (exact) mass is 315 g/mol. The molecule has 0 spiro atoms. The first-order valence-electron chi connectivity index (χ1n) is 5.53. The number of carbonyl (C=O) groups is 1. The predicted molar refractivity (Wildman–Crippen MR) is 68.7 cm³/mol. The molecular formula is C12H14BrNO4. The summed E-state index contributed by atoms with van der Waals surface area (Å²) < 4.78 is 16.4. The third-order valence-electron chi connectivity index (χ3n) is 2.66. The van der Waals surface area contributed by atoms with Crippen molar-refractivity contribution in [3.63, 3.8) is 0 Å². The van der Waals surface area contributed by atoms with Gasteiger partial charge in [-0.15, -0.1) is 0 Å². The van der Waals surface area contributed by atoms with Crippen molar-refractivity contribution >= 4 is 21.9 Å². The molecule has 98 valence electrons. The molecule has 0 aliphatic carbocycles. The molecule has 0 radical (unpaired) electrons. The van der Waals surface area contributed by atoms with Crippen LogP contribution in [0.25, 0.3) is 0 Å². The molecule has 0 aromatic heterocycles. The molecule has 1 heterocycles. The van der Waals surface area contributed by atoms with Gasteiger partial charge in [-0.1, -0.05) is 0 Å². The average Bonchev–Trinajstić information content (AvgIpc) is 2.38. The second kappa shape index (κ2) is 5.58. The molecule has 0 bridgehead atoms. The fraction of sp³-hybridized carbons (Fsp3) is 0.417. The third kappa shape index (κ3) is 2.76. The number of esters is 1. The topological polar surface area (TPSA) is 70.8 Å². The van der Waals surface area contributed by atoms with Crippen LogP contribution in [0.2, 0.25) is 0 Å². The number of fused-ring (bicyclic) bond motifs is 1. The molecule has 1 aromatic rings. The lowest BCUT2D eigenvalue weighted by Crippen LogP contribution is -2.19. The zero-order valence-corrected chi connectivity index (χ0v) is 11.5. The summed E-state index contributed by atoms with van der Waals surface area (Å²) in [4.78, 5) is 11.2. The lowest BCUT2D eigenvalue weighted by molar-refractivity contribution is -0.141. The molecule has 0 fully saturated rings. The number of hydrogen-bond donors (Lipinski definition) is 1. The first-order chi connectivity index (χ1) is 8.61. The van der Waals surface area contributed by atoms with Crippen LogP contribution < -0.4 is 15.2 Å². The molecule has 1 aromatic carbocycles. The maximum absolute atomic E-state index is 11.2. The standard InChI is InChI=1S/C12H14BrNO4/c1-16-11(15)6-9(14)7-4-8(13)12-10(5-7)17-2-3-18-12/h4-5,9H,2-3,6,14H2,1H3/t9-/m0/s1. The largest absolute Gasteiger partial charge is 0.486 e. The SMILES string of the molecule is COC(=O)C[C@H](N)c1cc(Br)c2c(c1)OCCO2. The smallest absolute Gasteiger partial charge is 0.307 e. The van der Waals surface area contributed by atoms with Gasteiger partial charge in [0.2, 0.25) is 0 Å². The van der Waals surface area contributed by atoms with Gasteiger partial charge in [0.1, 0.15) is 13.2 Å². The van der Waals surface area contributed by atoms with E-state index in [1.807, 2.05) is 6.07 Å². The number of rotatable bonds is 3.